The van der Waals surface area contributed by atoms with Crippen LogP contribution in [0.25, 0.3) is 0 Å². The van der Waals surface area contributed by atoms with E-state index in [1.54, 1.807) is 22.3 Å². The van der Waals surface area contributed by atoms with Crippen LogP contribution in [0.3, 0.4) is 0 Å². The minimum Gasteiger partial charge on any atom is -0.316 e. The molecule has 156 valence electrons. The molecule has 1 nitrogen and oxygen atoms in total. The van der Waals surface area contributed by atoms with E-state index in [2.05, 4.69) is 69.4 Å². The number of fused-ring (bicyclic) bond motifs is 2. The first-order valence-corrected chi connectivity index (χ1v) is 11.9. The molecule has 0 spiro atoms. The van der Waals surface area contributed by atoms with Crippen LogP contribution in [-0.2, 0) is 25.7 Å². The zero-order chi connectivity index (χ0) is 20.4. The molecule has 0 aliphatic heterocycles. The van der Waals surface area contributed by atoms with Gasteiger partial charge in [0.2, 0.25) is 0 Å². The van der Waals surface area contributed by atoms with Crippen LogP contribution in [-0.4, -0.2) is 13.1 Å². The molecule has 4 rings (SSSR count). The summed E-state index contributed by atoms with van der Waals surface area (Å²) in [5, 5.41) is 3.85. The van der Waals surface area contributed by atoms with E-state index in [9.17, 15) is 0 Å². The van der Waals surface area contributed by atoms with Crippen LogP contribution in [0.4, 0.5) is 0 Å². The van der Waals surface area contributed by atoms with Crippen molar-refractivity contribution in [2.45, 2.75) is 66.2 Å². The lowest BCUT2D eigenvalue weighted by Gasteiger charge is -2.32. The Balaban J connectivity index is 1.24. The maximum Gasteiger partial charge on any atom is -0.00203 e. The number of nitrogens with one attached hydrogen (secondary N) is 1. The van der Waals surface area contributed by atoms with Crippen molar-refractivity contribution in [2.75, 3.05) is 13.1 Å². The minimum absolute atomic E-state index is 0.756. The van der Waals surface area contributed by atoms with Gasteiger partial charge in [-0.1, -0.05) is 61.4 Å². The topological polar surface area (TPSA) is 12.0 Å². The van der Waals surface area contributed by atoms with Crippen LogP contribution in [0.1, 0.15) is 60.1 Å². The molecule has 0 bridgehead atoms. The molecule has 0 aromatic heterocycles. The Hall–Kier alpha value is -1.60. The Kier molecular flexibility index (Phi) is 6.44. The molecule has 0 saturated heterocycles. The molecular weight excluding hydrogens is 350 g/mol. The summed E-state index contributed by atoms with van der Waals surface area (Å²) in [7, 11) is 0. The van der Waals surface area contributed by atoms with Gasteiger partial charge in [0.1, 0.15) is 0 Å². The van der Waals surface area contributed by atoms with Crippen LogP contribution in [0.2, 0.25) is 0 Å². The molecule has 29 heavy (non-hydrogen) atoms. The predicted octanol–water partition coefficient (Wildman–Crippen LogP) is 6.08. The zero-order valence-electron chi connectivity index (χ0n) is 18.9. The van der Waals surface area contributed by atoms with E-state index in [0.717, 1.165) is 23.7 Å². The molecule has 1 heteroatoms. The summed E-state index contributed by atoms with van der Waals surface area (Å²) >= 11 is 0. The fourth-order valence-corrected chi connectivity index (χ4v) is 5.67. The van der Waals surface area contributed by atoms with Gasteiger partial charge in [-0.3, -0.25) is 0 Å². The van der Waals surface area contributed by atoms with Crippen molar-refractivity contribution in [3.63, 3.8) is 0 Å². The fourth-order valence-electron chi connectivity index (χ4n) is 5.67. The molecule has 4 atom stereocenters. The van der Waals surface area contributed by atoms with Gasteiger partial charge in [0.25, 0.3) is 0 Å². The van der Waals surface area contributed by atoms with Gasteiger partial charge in [-0.15, -0.1) is 0 Å². The number of aryl methyl sites for hydroxylation is 4. The number of hydrogen-bond acceptors (Lipinski definition) is 1. The van der Waals surface area contributed by atoms with Crippen LogP contribution < -0.4 is 5.32 Å². The first-order valence-electron chi connectivity index (χ1n) is 11.9. The Morgan fingerprint density at radius 3 is 1.62 bits per heavy atom. The van der Waals surface area contributed by atoms with Gasteiger partial charge >= 0.3 is 0 Å². The summed E-state index contributed by atoms with van der Waals surface area (Å²) < 4.78 is 0. The van der Waals surface area contributed by atoms with E-state index >= 15 is 0 Å². The quantitative estimate of drug-likeness (QED) is 0.632. The molecule has 2 aliphatic carbocycles. The average molecular weight is 390 g/mol. The molecule has 1 N–H and O–H groups in total. The summed E-state index contributed by atoms with van der Waals surface area (Å²) in [6, 6.07) is 14.1. The van der Waals surface area contributed by atoms with Crippen LogP contribution >= 0.6 is 0 Å². The monoisotopic (exact) mass is 389 g/mol. The molecule has 0 amide bonds. The number of hydrogen-bond donors (Lipinski definition) is 1. The first-order chi connectivity index (χ1) is 14.0. The van der Waals surface area contributed by atoms with Crippen molar-refractivity contribution in [3.8, 4) is 0 Å². The zero-order valence-corrected chi connectivity index (χ0v) is 18.9. The highest BCUT2D eigenvalue weighted by Crippen LogP contribution is 2.32. The molecule has 0 saturated carbocycles. The second-order valence-electron chi connectivity index (χ2n) is 10.2. The van der Waals surface area contributed by atoms with Crippen molar-refractivity contribution in [1.29, 1.82) is 0 Å². The highest BCUT2D eigenvalue weighted by atomic mass is 14.9. The summed E-state index contributed by atoms with van der Waals surface area (Å²) in [4.78, 5) is 0. The van der Waals surface area contributed by atoms with E-state index in [4.69, 9.17) is 0 Å². The van der Waals surface area contributed by atoms with Crippen molar-refractivity contribution in [2.24, 2.45) is 23.7 Å². The third kappa shape index (κ3) is 4.94. The Morgan fingerprint density at radius 1 is 0.724 bits per heavy atom. The van der Waals surface area contributed by atoms with E-state index in [1.165, 1.54) is 62.7 Å². The van der Waals surface area contributed by atoms with Gasteiger partial charge < -0.3 is 5.32 Å². The Morgan fingerprint density at radius 2 is 1.17 bits per heavy atom. The molecule has 0 heterocycles. The number of rotatable bonds is 6. The van der Waals surface area contributed by atoms with E-state index in [-0.39, 0.29) is 0 Å². The van der Waals surface area contributed by atoms with Gasteiger partial charge in [0, 0.05) is 0 Å². The van der Waals surface area contributed by atoms with Gasteiger partial charge in [0.05, 0.1) is 0 Å². The highest BCUT2D eigenvalue weighted by Gasteiger charge is 2.25. The molecular formula is C28H39N. The van der Waals surface area contributed by atoms with Gasteiger partial charge in [0.15, 0.2) is 0 Å². The maximum absolute atomic E-state index is 3.85. The van der Waals surface area contributed by atoms with Gasteiger partial charge in [-0.25, -0.2) is 0 Å². The first kappa shape index (κ1) is 20.7. The van der Waals surface area contributed by atoms with E-state index < -0.39 is 0 Å². The van der Waals surface area contributed by atoms with Crippen molar-refractivity contribution in [1.82, 2.24) is 5.32 Å². The Labute approximate surface area is 178 Å². The standard InChI is InChI=1S/C28H39N/c1-19-5-7-27-15-23(9-11-25(27)13-19)21(3)17-29-18-22(4)24-10-12-26-14-20(2)6-8-28(26)16-24/h5-8,13-14,21-24,29H,9-12,15-18H2,1-4H3. The van der Waals surface area contributed by atoms with Crippen molar-refractivity contribution in [3.05, 3.63) is 69.8 Å². The van der Waals surface area contributed by atoms with Gasteiger partial charge in [-0.2, -0.15) is 0 Å². The van der Waals surface area contributed by atoms with E-state index in [0.29, 0.717) is 0 Å². The maximum atomic E-state index is 3.85. The average Bonchev–Trinajstić information content (AvgIpc) is 2.72. The van der Waals surface area contributed by atoms with Gasteiger partial charge in [-0.05, 0) is 111 Å². The molecule has 0 fully saturated rings. The van der Waals surface area contributed by atoms with Crippen molar-refractivity contribution >= 4 is 0 Å². The van der Waals surface area contributed by atoms with Crippen LogP contribution in [0.15, 0.2) is 36.4 Å². The highest BCUT2D eigenvalue weighted by molar-refractivity contribution is 5.34. The number of benzene rings is 2. The second kappa shape index (κ2) is 9.04. The normalized spacial score (nSPS) is 23.2. The third-order valence-electron chi connectivity index (χ3n) is 7.80. The summed E-state index contributed by atoms with van der Waals surface area (Å²) in [6.45, 7) is 11.7. The third-order valence-corrected chi connectivity index (χ3v) is 7.80. The summed E-state index contributed by atoms with van der Waals surface area (Å²) in [6.07, 6.45) is 7.79. The predicted molar refractivity (Wildman–Crippen MR) is 125 cm³/mol. The molecule has 2 aromatic rings. The van der Waals surface area contributed by atoms with Crippen LogP contribution in [0, 0.1) is 37.5 Å². The molecule has 2 aliphatic rings. The lowest BCUT2D eigenvalue weighted by Crippen LogP contribution is -2.34. The van der Waals surface area contributed by atoms with E-state index in [1.807, 2.05) is 0 Å². The van der Waals surface area contributed by atoms with Crippen molar-refractivity contribution < 1.29 is 0 Å². The second-order valence-corrected chi connectivity index (χ2v) is 10.2. The smallest absolute Gasteiger partial charge is 0.00203 e. The lowest BCUT2D eigenvalue weighted by molar-refractivity contribution is 0.275. The SMILES string of the molecule is Cc1ccc2c(c1)CCC(C(C)CNCC(C)C1CCc3cc(C)ccc3C1)C2. The minimum atomic E-state index is 0.756. The fraction of sp³-hybridized carbons (Fsp3) is 0.571. The molecule has 4 unspecified atom stereocenters. The summed E-state index contributed by atoms with van der Waals surface area (Å²) in [5.41, 5.74) is 9.22. The lowest BCUT2D eigenvalue weighted by atomic mass is 9.76. The van der Waals surface area contributed by atoms with Crippen LogP contribution in [0.5, 0.6) is 0 Å². The molecule has 2 aromatic carbocycles. The summed E-state index contributed by atoms with van der Waals surface area (Å²) in [5.74, 6) is 3.18. The largest absolute Gasteiger partial charge is 0.316 e. The molecule has 0 radical (unpaired) electrons. The Bertz CT molecular complexity index is 767.